The number of rotatable bonds is 4. The van der Waals surface area contributed by atoms with Crippen molar-refractivity contribution in [3.63, 3.8) is 0 Å². The second-order valence-corrected chi connectivity index (χ2v) is 7.09. The maximum Gasteiger partial charge on any atom is 0.156 e. The van der Waals surface area contributed by atoms with E-state index in [1.54, 1.807) is 12.5 Å². The van der Waals surface area contributed by atoms with Crippen LogP contribution in [0.15, 0.2) is 65.7 Å². The molecule has 4 aromatic rings. The van der Waals surface area contributed by atoms with Gasteiger partial charge in [0.15, 0.2) is 11.5 Å². The maximum absolute atomic E-state index is 5.50. The Hall–Kier alpha value is -2.99. The smallest absolute Gasteiger partial charge is 0.156 e. The van der Waals surface area contributed by atoms with E-state index in [0.29, 0.717) is 5.92 Å². The Morgan fingerprint density at radius 2 is 2.11 bits per heavy atom. The first-order valence-electron chi connectivity index (χ1n) is 9.36. The highest BCUT2D eigenvalue weighted by Crippen LogP contribution is 2.27. The summed E-state index contributed by atoms with van der Waals surface area (Å²) in [5, 5.41) is 4.79. The van der Waals surface area contributed by atoms with Gasteiger partial charge in [0, 0.05) is 42.2 Å². The van der Waals surface area contributed by atoms with Crippen molar-refractivity contribution in [1.82, 2.24) is 24.5 Å². The fraction of sp³-hybridized carbons (Fsp3) is 0.286. The normalized spacial score (nSPS) is 18.1. The van der Waals surface area contributed by atoms with Crippen LogP contribution in [0.1, 0.15) is 30.3 Å². The standard InChI is InChI=1S/C21H21N5O/c1-4-16(12-22-9-1)17-7-8-20-23-21(24-26(20)14-17)18-5-2-10-25(13-18)15-19-6-3-11-27-19/h1,3-4,6-9,11-12,14,18H,2,5,10,13,15H2/t18-/m0/s1. The molecule has 1 fully saturated rings. The zero-order chi connectivity index (χ0) is 18.1. The minimum atomic E-state index is 0.357. The summed E-state index contributed by atoms with van der Waals surface area (Å²) in [4.78, 5) is 11.4. The van der Waals surface area contributed by atoms with Gasteiger partial charge in [0.25, 0.3) is 0 Å². The van der Waals surface area contributed by atoms with E-state index in [1.807, 2.05) is 41.2 Å². The minimum absolute atomic E-state index is 0.357. The minimum Gasteiger partial charge on any atom is -0.468 e. The van der Waals surface area contributed by atoms with Crippen molar-refractivity contribution in [3.8, 4) is 11.1 Å². The highest BCUT2D eigenvalue weighted by Gasteiger charge is 2.25. The number of hydrogen-bond acceptors (Lipinski definition) is 5. The van der Waals surface area contributed by atoms with Crippen molar-refractivity contribution in [2.24, 2.45) is 0 Å². The summed E-state index contributed by atoms with van der Waals surface area (Å²) >= 11 is 0. The Morgan fingerprint density at radius 3 is 2.96 bits per heavy atom. The van der Waals surface area contributed by atoms with Crippen LogP contribution in [-0.4, -0.2) is 37.6 Å². The highest BCUT2D eigenvalue weighted by atomic mass is 16.3. The molecule has 5 heterocycles. The second kappa shape index (κ2) is 6.96. The van der Waals surface area contributed by atoms with Gasteiger partial charge in [0.1, 0.15) is 5.76 Å². The van der Waals surface area contributed by atoms with Crippen molar-refractivity contribution in [2.45, 2.75) is 25.3 Å². The van der Waals surface area contributed by atoms with Crippen LogP contribution >= 0.6 is 0 Å². The first-order valence-corrected chi connectivity index (χ1v) is 9.36. The van der Waals surface area contributed by atoms with Gasteiger partial charge in [-0.3, -0.25) is 9.88 Å². The van der Waals surface area contributed by atoms with Gasteiger partial charge in [-0.05, 0) is 49.7 Å². The molecular weight excluding hydrogens is 338 g/mol. The van der Waals surface area contributed by atoms with E-state index >= 15 is 0 Å². The molecule has 1 aliphatic rings. The number of piperidine rings is 1. The summed E-state index contributed by atoms with van der Waals surface area (Å²) < 4.78 is 7.39. The topological polar surface area (TPSA) is 59.5 Å². The van der Waals surface area contributed by atoms with Crippen molar-refractivity contribution >= 4 is 5.65 Å². The molecule has 1 aliphatic heterocycles. The van der Waals surface area contributed by atoms with E-state index < -0.39 is 0 Å². The van der Waals surface area contributed by atoms with Crippen molar-refractivity contribution in [3.05, 3.63) is 72.8 Å². The summed E-state index contributed by atoms with van der Waals surface area (Å²) in [7, 11) is 0. The third kappa shape index (κ3) is 3.36. The lowest BCUT2D eigenvalue weighted by atomic mass is 9.97. The number of nitrogens with zero attached hydrogens (tertiary/aromatic N) is 5. The van der Waals surface area contributed by atoms with Gasteiger partial charge in [-0.15, -0.1) is 0 Å². The Kier molecular flexibility index (Phi) is 4.18. The van der Waals surface area contributed by atoms with Gasteiger partial charge >= 0.3 is 0 Å². The predicted molar refractivity (Wildman–Crippen MR) is 102 cm³/mol. The third-order valence-corrected chi connectivity index (χ3v) is 5.17. The zero-order valence-corrected chi connectivity index (χ0v) is 15.0. The monoisotopic (exact) mass is 359 g/mol. The third-order valence-electron chi connectivity index (χ3n) is 5.17. The molecule has 1 atom stereocenters. The molecule has 0 aromatic carbocycles. The Balaban J connectivity index is 1.38. The lowest BCUT2D eigenvalue weighted by Gasteiger charge is -2.30. The first kappa shape index (κ1) is 16.2. The van der Waals surface area contributed by atoms with E-state index in [2.05, 4.69) is 22.0 Å². The SMILES string of the molecule is c1cncc(-c2ccc3nc([C@H]4CCCN(Cc5ccco5)C4)nn3c2)c1. The molecule has 4 aromatic heterocycles. The molecule has 0 amide bonds. The number of fused-ring (bicyclic) bond motifs is 1. The molecule has 0 unspecified atom stereocenters. The fourth-order valence-electron chi connectivity index (χ4n) is 3.81. The average molecular weight is 359 g/mol. The van der Waals surface area contributed by atoms with Gasteiger partial charge in [0.05, 0.1) is 12.8 Å². The maximum atomic E-state index is 5.50. The van der Waals surface area contributed by atoms with Gasteiger partial charge in [-0.25, -0.2) is 9.50 Å². The van der Waals surface area contributed by atoms with E-state index in [9.17, 15) is 0 Å². The van der Waals surface area contributed by atoms with Crippen LogP contribution in [0.4, 0.5) is 0 Å². The number of hydrogen-bond donors (Lipinski definition) is 0. The van der Waals surface area contributed by atoms with Gasteiger partial charge in [-0.2, -0.15) is 5.10 Å². The summed E-state index contributed by atoms with van der Waals surface area (Å²) in [6.45, 7) is 2.91. The van der Waals surface area contributed by atoms with Gasteiger partial charge < -0.3 is 4.42 Å². The van der Waals surface area contributed by atoms with E-state index in [1.165, 1.54) is 0 Å². The van der Waals surface area contributed by atoms with Crippen LogP contribution in [0.3, 0.4) is 0 Å². The molecular formula is C21H21N5O. The molecule has 0 saturated carbocycles. The zero-order valence-electron chi connectivity index (χ0n) is 15.0. The van der Waals surface area contributed by atoms with Gasteiger partial charge in [-0.1, -0.05) is 6.07 Å². The molecule has 6 nitrogen and oxygen atoms in total. The summed E-state index contributed by atoms with van der Waals surface area (Å²) in [6, 6.07) is 12.1. The first-order chi connectivity index (χ1) is 13.3. The van der Waals surface area contributed by atoms with Crippen LogP contribution in [0.25, 0.3) is 16.8 Å². The Bertz CT molecular complexity index is 1030. The Labute approximate surface area is 157 Å². The molecule has 0 radical (unpaired) electrons. The molecule has 0 aliphatic carbocycles. The summed E-state index contributed by atoms with van der Waals surface area (Å²) in [5.74, 6) is 2.30. The van der Waals surface area contributed by atoms with Crippen LogP contribution in [0.2, 0.25) is 0 Å². The van der Waals surface area contributed by atoms with Crippen LogP contribution in [0.5, 0.6) is 0 Å². The molecule has 27 heavy (non-hydrogen) atoms. The van der Waals surface area contributed by atoms with Crippen LogP contribution in [0, 0.1) is 0 Å². The molecule has 0 N–H and O–H groups in total. The molecule has 1 saturated heterocycles. The van der Waals surface area contributed by atoms with Crippen LogP contribution in [-0.2, 0) is 6.54 Å². The van der Waals surface area contributed by atoms with Gasteiger partial charge in [0.2, 0.25) is 0 Å². The predicted octanol–water partition coefficient (Wildman–Crippen LogP) is 3.76. The number of furan rings is 1. The van der Waals surface area contributed by atoms with Crippen LogP contribution < -0.4 is 0 Å². The Morgan fingerprint density at radius 1 is 1.11 bits per heavy atom. The van der Waals surface area contributed by atoms with Crippen molar-refractivity contribution in [1.29, 1.82) is 0 Å². The van der Waals surface area contributed by atoms with Crippen molar-refractivity contribution in [2.75, 3.05) is 13.1 Å². The quantitative estimate of drug-likeness (QED) is 0.555. The highest BCUT2D eigenvalue weighted by molar-refractivity contribution is 5.63. The van der Waals surface area contributed by atoms with Crippen molar-refractivity contribution < 1.29 is 4.42 Å². The van der Waals surface area contributed by atoms with E-state index in [0.717, 1.165) is 60.8 Å². The number of likely N-dealkylation sites (tertiary alicyclic amines) is 1. The molecule has 136 valence electrons. The summed E-state index contributed by atoms with van der Waals surface area (Å²) in [6.07, 6.45) is 9.70. The number of aromatic nitrogens is 4. The molecule has 5 rings (SSSR count). The second-order valence-electron chi connectivity index (χ2n) is 7.09. The lowest BCUT2D eigenvalue weighted by molar-refractivity contribution is 0.183. The molecule has 0 bridgehead atoms. The summed E-state index contributed by atoms with van der Waals surface area (Å²) in [5.41, 5.74) is 3.06. The molecule has 0 spiro atoms. The number of pyridine rings is 2. The average Bonchev–Trinajstić information content (AvgIpc) is 3.38. The largest absolute Gasteiger partial charge is 0.468 e. The lowest BCUT2D eigenvalue weighted by Crippen LogP contribution is -2.34. The fourth-order valence-corrected chi connectivity index (χ4v) is 3.81. The molecule has 6 heteroatoms. The van der Waals surface area contributed by atoms with E-state index in [4.69, 9.17) is 14.5 Å². The van der Waals surface area contributed by atoms with E-state index in [-0.39, 0.29) is 0 Å².